The summed E-state index contributed by atoms with van der Waals surface area (Å²) in [6.07, 6.45) is 2.80. The van der Waals surface area contributed by atoms with Gasteiger partial charge in [-0.25, -0.2) is 4.39 Å². The Balaban J connectivity index is 1.90. The van der Waals surface area contributed by atoms with Crippen molar-refractivity contribution in [1.29, 1.82) is 0 Å². The van der Waals surface area contributed by atoms with E-state index < -0.39 is 0 Å². The Morgan fingerprint density at radius 3 is 2.57 bits per heavy atom. The van der Waals surface area contributed by atoms with Crippen molar-refractivity contribution in [2.24, 2.45) is 17.8 Å². The molecule has 1 saturated carbocycles. The van der Waals surface area contributed by atoms with E-state index in [1.165, 1.54) is 12.1 Å². The van der Waals surface area contributed by atoms with E-state index in [1.54, 1.807) is 0 Å². The van der Waals surface area contributed by atoms with Crippen molar-refractivity contribution in [3.63, 3.8) is 0 Å². The number of carbonyl (C=O) groups is 1. The van der Waals surface area contributed by atoms with Crippen LogP contribution < -0.4 is 0 Å². The predicted octanol–water partition coefficient (Wildman–Crippen LogP) is 3.90. The molecule has 1 aliphatic rings. The normalized spacial score (nSPS) is 23.0. The molecule has 1 aromatic rings. The number of carbonyl (C=O) groups excluding carboxylic acids is 1. The lowest BCUT2D eigenvalue weighted by molar-refractivity contribution is -0.126. The van der Waals surface area contributed by atoms with Gasteiger partial charge in [0.1, 0.15) is 11.6 Å². The second kappa shape index (κ2) is 7.17. The summed E-state index contributed by atoms with van der Waals surface area (Å²) in [5.41, 5.74) is 1.09. The number of ketones is 1. The molecule has 21 heavy (non-hydrogen) atoms. The molecule has 2 rings (SSSR count). The monoisotopic (exact) mass is 291 g/mol. The van der Waals surface area contributed by atoms with Crippen LogP contribution in [0.2, 0.25) is 0 Å². The lowest BCUT2D eigenvalue weighted by atomic mass is 9.75. The van der Waals surface area contributed by atoms with E-state index in [4.69, 9.17) is 0 Å². The highest BCUT2D eigenvalue weighted by Crippen LogP contribution is 2.32. The Kier molecular flexibility index (Phi) is 5.51. The van der Waals surface area contributed by atoms with Crippen LogP contribution in [-0.2, 0) is 11.3 Å². The maximum absolute atomic E-state index is 12.9. The van der Waals surface area contributed by atoms with E-state index in [2.05, 4.69) is 18.7 Å². The predicted molar refractivity (Wildman–Crippen MR) is 83.4 cm³/mol. The zero-order chi connectivity index (χ0) is 15.4. The highest BCUT2D eigenvalue weighted by molar-refractivity contribution is 5.82. The zero-order valence-electron chi connectivity index (χ0n) is 13.3. The molecule has 2 nitrogen and oxygen atoms in total. The fraction of sp³-hybridized carbons (Fsp3) is 0.611. The maximum atomic E-state index is 12.9. The largest absolute Gasteiger partial charge is 0.301 e. The van der Waals surface area contributed by atoms with Gasteiger partial charge in [-0.2, -0.15) is 0 Å². The Hall–Kier alpha value is -1.22. The first kappa shape index (κ1) is 16.2. The standard InChI is InChI=1S/C18H26FNO/c1-13(2)15-6-9-18(21)16(10-15)12-20(3)11-14-4-7-17(19)8-5-14/h4-5,7-8,13,15-16H,6,9-12H2,1-3H3. The van der Waals surface area contributed by atoms with E-state index in [0.29, 0.717) is 17.6 Å². The molecular weight excluding hydrogens is 265 g/mol. The molecule has 3 heteroatoms. The van der Waals surface area contributed by atoms with Crippen molar-refractivity contribution in [3.05, 3.63) is 35.6 Å². The summed E-state index contributed by atoms with van der Waals surface area (Å²) in [7, 11) is 2.04. The van der Waals surface area contributed by atoms with E-state index in [-0.39, 0.29) is 11.7 Å². The molecule has 0 heterocycles. The van der Waals surface area contributed by atoms with Crippen LogP contribution in [-0.4, -0.2) is 24.3 Å². The molecule has 0 spiro atoms. The third-order valence-corrected chi connectivity index (χ3v) is 4.64. The first-order valence-electron chi connectivity index (χ1n) is 7.91. The van der Waals surface area contributed by atoms with Crippen LogP contribution in [0.5, 0.6) is 0 Å². The average Bonchev–Trinajstić information content (AvgIpc) is 2.43. The van der Waals surface area contributed by atoms with Crippen LogP contribution in [0.1, 0.15) is 38.7 Å². The van der Waals surface area contributed by atoms with Crippen LogP contribution in [0.25, 0.3) is 0 Å². The minimum absolute atomic E-state index is 0.164. The number of rotatable bonds is 5. The van der Waals surface area contributed by atoms with Gasteiger partial charge in [-0.3, -0.25) is 4.79 Å². The van der Waals surface area contributed by atoms with Gasteiger partial charge in [0.2, 0.25) is 0 Å². The lowest BCUT2D eigenvalue weighted by Crippen LogP contribution is -2.35. The van der Waals surface area contributed by atoms with Gasteiger partial charge in [-0.05, 0) is 49.4 Å². The minimum Gasteiger partial charge on any atom is -0.301 e. The number of Topliss-reactive ketones (excluding diaryl/α,β-unsaturated/α-hetero) is 1. The minimum atomic E-state index is -0.205. The second-order valence-electron chi connectivity index (χ2n) is 6.76. The number of hydrogen-bond donors (Lipinski definition) is 0. The van der Waals surface area contributed by atoms with Gasteiger partial charge in [0.25, 0.3) is 0 Å². The van der Waals surface area contributed by atoms with Gasteiger partial charge in [-0.1, -0.05) is 26.0 Å². The summed E-state index contributed by atoms with van der Waals surface area (Å²) in [6.45, 7) is 6.06. The molecule has 0 aromatic heterocycles. The number of benzene rings is 1. The van der Waals surface area contributed by atoms with Crippen molar-refractivity contribution >= 4 is 5.78 Å². The van der Waals surface area contributed by atoms with Crippen LogP contribution in [0.4, 0.5) is 4.39 Å². The molecule has 0 radical (unpaired) electrons. The third-order valence-electron chi connectivity index (χ3n) is 4.64. The highest BCUT2D eigenvalue weighted by Gasteiger charge is 2.30. The van der Waals surface area contributed by atoms with Crippen LogP contribution in [0.15, 0.2) is 24.3 Å². The molecule has 1 aromatic carbocycles. The second-order valence-corrected chi connectivity index (χ2v) is 6.76. The molecule has 0 aliphatic heterocycles. The molecule has 2 unspecified atom stereocenters. The van der Waals surface area contributed by atoms with Crippen LogP contribution in [0.3, 0.4) is 0 Å². The van der Waals surface area contributed by atoms with Gasteiger partial charge in [-0.15, -0.1) is 0 Å². The highest BCUT2D eigenvalue weighted by atomic mass is 19.1. The molecule has 0 bridgehead atoms. The smallest absolute Gasteiger partial charge is 0.137 e. The Morgan fingerprint density at radius 1 is 1.29 bits per heavy atom. The molecule has 0 saturated heterocycles. The molecule has 1 fully saturated rings. The van der Waals surface area contributed by atoms with Crippen molar-refractivity contribution in [2.75, 3.05) is 13.6 Å². The Labute approximate surface area is 127 Å². The van der Waals surface area contributed by atoms with Gasteiger partial charge >= 0.3 is 0 Å². The van der Waals surface area contributed by atoms with Crippen LogP contribution in [0, 0.1) is 23.6 Å². The molecule has 0 amide bonds. The Bertz CT molecular complexity index is 469. The topological polar surface area (TPSA) is 20.3 Å². The molecule has 1 aliphatic carbocycles. The lowest BCUT2D eigenvalue weighted by Gasteiger charge is -2.32. The van der Waals surface area contributed by atoms with E-state index in [9.17, 15) is 9.18 Å². The summed E-state index contributed by atoms with van der Waals surface area (Å²) in [5.74, 6) is 1.70. The summed E-state index contributed by atoms with van der Waals surface area (Å²) < 4.78 is 12.9. The first-order chi connectivity index (χ1) is 9.95. The van der Waals surface area contributed by atoms with E-state index in [1.807, 2.05) is 19.2 Å². The SMILES string of the molecule is CC(C)C1CCC(=O)C(CN(C)Cc2ccc(F)cc2)C1. The molecule has 0 N–H and O–H groups in total. The third kappa shape index (κ3) is 4.63. The summed E-state index contributed by atoms with van der Waals surface area (Å²) in [5, 5.41) is 0. The van der Waals surface area contributed by atoms with Crippen molar-refractivity contribution in [2.45, 2.75) is 39.7 Å². The number of nitrogens with zero attached hydrogens (tertiary/aromatic N) is 1. The van der Waals surface area contributed by atoms with Crippen molar-refractivity contribution in [1.82, 2.24) is 4.90 Å². The van der Waals surface area contributed by atoms with Gasteiger partial charge in [0, 0.05) is 25.4 Å². The van der Waals surface area contributed by atoms with Gasteiger partial charge in [0.15, 0.2) is 0 Å². The zero-order valence-corrected chi connectivity index (χ0v) is 13.3. The summed E-state index contributed by atoms with van der Waals surface area (Å²) in [4.78, 5) is 14.3. The average molecular weight is 291 g/mol. The van der Waals surface area contributed by atoms with E-state index in [0.717, 1.165) is 37.9 Å². The number of halogens is 1. The first-order valence-corrected chi connectivity index (χ1v) is 7.91. The maximum Gasteiger partial charge on any atom is 0.137 e. The fourth-order valence-electron chi connectivity index (χ4n) is 3.27. The van der Waals surface area contributed by atoms with Gasteiger partial charge < -0.3 is 4.90 Å². The summed E-state index contributed by atoms with van der Waals surface area (Å²) >= 11 is 0. The van der Waals surface area contributed by atoms with Crippen LogP contribution >= 0.6 is 0 Å². The quantitative estimate of drug-likeness (QED) is 0.820. The van der Waals surface area contributed by atoms with Gasteiger partial charge in [0.05, 0.1) is 0 Å². The number of hydrogen-bond acceptors (Lipinski definition) is 2. The Morgan fingerprint density at radius 2 is 1.95 bits per heavy atom. The van der Waals surface area contributed by atoms with Crippen molar-refractivity contribution < 1.29 is 9.18 Å². The fourth-order valence-corrected chi connectivity index (χ4v) is 3.27. The summed E-state index contributed by atoms with van der Waals surface area (Å²) in [6, 6.07) is 6.60. The van der Waals surface area contributed by atoms with E-state index >= 15 is 0 Å². The molecule has 2 atom stereocenters. The molecule has 116 valence electrons. The molecular formula is C18H26FNO. The van der Waals surface area contributed by atoms with Crippen molar-refractivity contribution in [3.8, 4) is 0 Å².